The maximum atomic E-state index is 9.31. The number of rotatable bonds is 5. The van der Waals surface area contributed by atoms with Gasteiger partial charge in [0.1, 0.15) is 17.6 Å². The van der Waals surface area contributed by atoms with E-state index in [-0.39, 0.29) is 0 Å². The summed E-state index contributed by atoms with van der Waals surface area (Å²) in [5.74, 6) is 1.31. The van der Waals surface area contributed by atoms with Crippen molar-refractivity contribution in [2.24, 2.45) is 0 Å². The van der Waals surface area contributed by atoms with Crippen molar-refractivity contribution in [2.45, 2.75) is 6.42 Å². The van der Waals surface area contributed by atoms with Crippen LogP contribution < -0.4 is 9.64 Å². The third-order valence-corrected chi connectivity index (χ3v) is 5.00. The van der Waals surface area contributed by atoms with Crippen molar-refractivity contribution in [1.29, 1.82) is 5.26 Å². The first-order valence-electron chi connectivity index (χ1n) is 9.59. The third kappa shape index (κ3) is 4.36. The molecule has 6 heteroatoms. The first kappa shape index (κ1) is 18.9. The van der Waals surface area contributed by atoms with Crippen LogP contribution >= 0.6 is 0 Å². The highest BCUT2D eigenvalue weighted by Gasteiger charge is 2.11. The summed E-state index contributed by atoms with van der Waals surface area (Å²) in [6, 6.07) is 18.1. The number of hydrogen-bond donors (Lipinski definition) is 0. The minimum Gasteiger partial charge on any atom is -0.495 e. The Hall–Kier alpha value is -3.43. The van der Waals surface area contributed by atoms with E-state index in [2.05, 4.69) is 40.2 Å². The Kier molecular flexibility index (Phi) is 5.68. The lowest BCUT2D eigenvalue weighted by Crippen LogP contribution is -2.36. The average molecular weight is 386 g/mol. The molecular weight excluding hydrogens is 364 g/mol. The lowest BCUT2D eigenvalue weighted by molar-refractivity contribution is 0.122. The molecule has 0 amide bonds. The van der Waals surface area contributed by atoms with Gasteiger partial charge in [-0.2, -0.15) is 5.26 Å². The van der Waals surface area contributed by atoms with Gasteiger partial charge in [0.25, 0.3) is 0 Å². The molecule has 0 aliphatic carbocycles. The van der Waals surface area contributed by atoms with E-state index in [9.17, 15) is 5.26 Å². The predicted octanol–water partition coefficient (Wildman–Crippen LogP) is 3.45. The molecule has 2 heterocycles. The van der Waals surface area contributed by atoms with E-state index in [1.807, 2.05) is 12.1 Å². The molecule has 0 atom stereocenters. The molecular formula is C23H22N4O2. The van der Waals surface area contributed by atoms with Gasteiger partial charge >= 0.3 is 0 Å². The molecule has 0 bridgehead atoms. The van der Waals surface area contributed by atoms with Crippen molar-refractivity contribution < 1.29 is 9.47 Å². The Balaban J connectivity index is 1.51. The molecule has 3 aromatic rings. The quantitative estimate of drug-likeness (QED) is 0.669. The second-order valence-corrected chi connectivity index (χ2v) is 6.83. The van der Waals surface area contributed by atoms with Gasteiger partial charge in [0, 0.05) is 37.0 Å². The van der Waals surface area contributed by atoms with Crippen LogP contribution in [-0.4, -0.2) is 43.4 Å². The van der Waals surface area contributed by atoms with Crippen LogP contribution in [0.5, 0.6) is 5.75 Å². The van der Waals surface area contributed by atoms with Crippen LogP contribution in [0.4, 0.5) is 5.69 Å². The van der Waals surface area contributed by atoms with E-state index in [1.54, 1.807) is 25.4 Å². The predicted molar refractivity (Wildman–Crippen MR) is 111 cm³/mol. The fourth-order valence-corrected chi connectivity index (χ4v) is 3.43. The number of methoxy groups -OCH3 is 1. The molecule has 0 radical (unpaired) electrons. The largest absolute Gasteiger partial charge is 0.495 e. The molecule has 1 aromatic heterocycles. The molecule has 1 aliphatic rings. The molecule has 4 rings (SSSR count). The summed E-state index contributed by atoms with van der Waals surface area (Å²) in [6.45, 7) is 3.41. The fourth-order valence-electron chi connectivity index (χ4n) is 3.43. The van der Waals surface area contributed by atoms with Gasteiger partial charge in [-0.05, 0) is 42.0 Å². The summed E-state index contributed by atoms with van der Waals surface area (Å²) >= 11 is 0. The van der Waals surface area contributed by atoms with Crippen LogP contribution in [0.3, 0.4) is 0 Å². The van der Waals surface area contributed by atoms with Gasteiger partial charge in [0.15, 0.2) is 0 Å². The SMILES string of the molecule is COc1ccc(-c2ccnc(Cc3ccc(N4CCOCC4)cc3)n2)cc1C#N. The van der Waals surface area contributed by atoms with Crippen LogP contribution in [0.15, 0.2) is 54.7 Å². The van der Waals surface area contributed by atoms with Crippen molar-refractivity contribution in [3.8, 4) is 23.1 Å². The highest BCUT2D eigenvalue weighted by molar-refractivity contribution is 5.64. The Morgan fingerprint density at radius 2 is 1.90 bits per heavy atom. The van der Waals surface area contributed by atoms with Gasteiger partial charge in [-0.25, -0.2) is 9.97 Å². The molecule has 1 aliphatic heterocycles. The standard InChI is InChI=1S/C23H22N4O2/c1-28-22-7-4-18(15-19(22)16-24)21-8-9-25-23(26-21)14-17-2-5-20(6-3-17)27-10-12-29-13-11-27/h2-9,15H,10-14H2,1H3. The zero-order valence-electron chi connectivity index (χ0n) is 16.3. The molecule has 146 valence electrons. The molecule has 1 saturated heterocycles. The van der Waals surface area contributed by atoms with Crippen LogP contribution in [0.25, 0.3) is 11.3 Å². The normalized spacial score (nSPS) is 13.7. The van der Waals surface area contributed by atoms with E-state index in [4.69, 9.17) is 14.5 Å². The monoisotopic (exact) mass is 386 g/mol. The van der Waals surface area contributed by atoms with E-state index in [1.165, 1.54) is 5.69 Å². The first-order chi connectivity index (χ1) is 14.3. The topological polar surface area (TPSA) is 71.3 Å². The summed E-state index contributed by atoms with van der Waals surface area (Å²) in [5, 5.41) is 9.31. The maximum Gasteiger partial charge on any atom is 0.136 e. The van der Waals surface area contributed by atoms with E-state index < -0.39 is 0 Å². The molecule has 2 aromatic carbocycles. The molecule has 29 heavy (non-hydrogen) atoms. The molecule has 6 nitrogen and oxygen atoms in total. The number of aromatic nitrogens is 2. The highest BCUT2D eigenvalue weighted by Crippen LogP contribution is 2.25. The number of morpholine rings is 1. The number of nitriles is 1. The number of hydrogen-bond acceptors (Lipinski definition) is 6. The zero-order chi connectivity index (χ0) is 20.1. The fraction of sp³-hybridized carbons (Fsp3) is 0.261. The Bertz CT molecular complexity index is 1020. The number of benzene rings is 2. The summed E-state index contributed by atoms with van der Waals surface area (Å²) < 4.78 is 10.6. The summed E-state index contributed by atoms with van der Waals surface area (Å²) in [4.78, 5) is 11.4. The molecule has 1 fully saturated rings. The van der Waals surface area contributed by atoms with E-state index in [0.29, 0.717) is 17.7 Å². The van der Waals surface area contributed by atoms with Crippen molar-refractivity contribution >= 4 is 5.69 Å². The van der Waals surface area contributed by atoms with Crippen molar-refractivity contribution in [1.82, 2.24) is 9.97 Å². The smallest absolute Gasteiger partial charge is 0.136 e. The van der Waals surface area contributed by atoms with Gasteiger partial charge in [0.2, 0.25) is 0 Å². The van der Waals surface area contributed by atoms with E-state index in [0.717, 1.165) is 48.9 Å². The van der Waals surface area contributed by atoms with Gasteiger partial charge in [-0.3, -0.25) is 0 Å². The lowest BCUT2D eigenvalue weighted by Gasteiger charge is -2.28. The van der Waals surface area contributed by atoms with Crippen LogP contribution in [0.1, 0.15) is 17.0 Å². The molecule has 0 spiro atoms. The third-order valence-electron chi connectivity index (χ3n) is 5.00. The van der Waals surface area contributed by atoms with Crippen LogP contribution in [0.2, 0.25) is 0 Å². The van der Waals surface area contributed by atoms with Crippen molar-refractivity contribution in [3.05, 3.63) is 71.7 Å². The van der Waals surface area contributed by atoms with Crippen molar-refractivity contribution in [3.63, 3.8) is 0 Å². The van der Waals surface area contributed by atoms with E-state index >= 15 is 0 Å². The van der Waals surface area contributed by atoms with Crippen molar-refractivity contribution in [2.75, 3.05) is 38.3 Å². The lowest BCUT2D eigenvalue weighted by atomic mass is 10.1. The Morgan fingerprint density at radius 1 is 1.10 bits per heavy atom. The van der Waals surface area contributed by atoms with Gasteiger partial charge < -0.3 is 14.4 Å². The average Bonchev–Trinajstić information content (AvgIpc) is 2.80. The summed E-state index contributed by atoms with van der Waals surface area (Å²) in [7, 11) is 1.56. The van der Waals surface area contributed by atoms with Gasteiger partial charge in [-0.1, -0.05) is 12.1 Å². The molecule has 0 N–H and O–H groups in total. The van der Waals surface area contributed by atoms with Crippen LogP contribution in [0, 0.1) is 11.3 Å². The van der Waals surface area contributed by atoms with Crippen LogP contribution in [-0.2, 0) is 11.2 Å². The highest BCUT2D eigenvalue weighted by atomic mass is 16.5. The van der Waals surface area contributed by atoms with Gasteiger partial charge in [-0.15, -0.1) is 0 Å². The first-order valence-corrected chi connectivity index (χ1v) is 9.59. The maximum absolute atomic E-state index is 9.31. The number of anilines is 1. The Morgan fingerprint density at radius 3 is 2.62 bits per heavy atom. The molecule has 0 unspecified atom stereocenters. The minimum absolute atomic E-state index is 0.490. The number of ether oxygens (including phenoxy) is 2. The number of nitrogens with zero attached hydrogens (tertiary/aromatic N) is 4. The zero-order valence-corrected chi connectivity index (χ0v) is 16.3. The summed E-state index contributed by atoms with van der Waals surface area (Å²) in [6.07, 6.45) is 2.41. The summed E-state index contributed by atoms with van der Waals surface area (Å²) in [5.41, 5.74) is 4.53. The second-order valence-electron chi connectivity index (χ2n) is 6.83. The Labute approximate surface area is 170 Å². The molecule has 0 saturated carbocycles. The second kappa shape index (κ2) is 8.72. The van der Waals surface area contributed by atoms with Gasteiger partial charge in [0.05, 0.1) is 31.6 Å². The minimum atomic E-state index is 0.490.